The van der Waals surface area contributed by atoms with Crippen LogP contribution in [0, 0.1) is 29.1 Å². The van der Waals surface area contributed by atoms with Crippen LogP contribution in [0.25, 0.3) is 0 Å². The summed E-state index contributed by atoms with van der Waals surface area (Å²) in [6, 6.07) is 0. The van der Waals surface area contributed by atoms with Crippen molar-refractivity contribution in [3.05, 3.63) is 57.2 Å². The predicted octanol–water partition coefficient (Wildman–Crippen LogP) is 3.76. The molecule has 0 spiro atoms. The third-order valence-electron chi connectivity index (χ3n) is 5.64. The van der Waals surface area contributed by atoms with E-state index in [-0.39, 0.29) is 44.4 Å². The largest absolute Gasteiger partial charge is 0.463 e. The molecule has 2 rings (SSSR count). The van der Waals surface area contributed by atoms with Crippen molar-refractivity contribution in [2.75, 3.05) is 52.7 Å². The SMILES string of the molecule is CCCNCCOCCOCC1=C(C(=O)OCC)[C@H](c2c(F)c(F)c(F)c(F)c2F)C(C(=O)OCC)=C(C)N1. The maximum atomic E-state index is 15.0. The number of carbonyl (C=O) groups is 2. The molecule has 0 aromatic heterocycles. The van der Waals surface area contributed by atoms with Crippen molar-refractivity contribution < 1.29 is 50.5 Å². The van der Waals surface area contributed by atoms with E-state index in [0.717, 1.165) is 13.0 Å². The Morgan fingerprint density at radius 2 is 1.31 bits per heavy atom. The zero-order chi connectivity index (χ0) is 29.1. The summed E-state index contributed by atoms with van der Waals surface area (Å²) in [5, 5.41) is 5.94. The molecule has 8 nitrogen and oxygen atoms in total. The number of carbonyl (C=O) groups excluding carboxylic acids is 2. The van der Waals surface area contributed by atoms with E-state index in [1.807, 2.05) is 6.92 Å². The van der Waals surface area contributed by atoms with Crippen molar-refractivity contribution in [2.24, 2.45) is 0 Å². The quantitative estimate of drug-likeness (QED) is 0.109. The second-order valence-corrected chi connectivity index (χ2v) is 8.33. The molecule has 1 heterocycles. The highest BCUT2D eigenvalue weighted by molar-refractivity contribution is 6.00. The van der Waals surface area contributed by atoms with Crippen molar-refractivity contribution in [3.8, 4) is 0 Å². The molecule has 1 aromatic rings. The zero-order valence-electron chi connectivity index (χ0n) is 22.3. The van der Waals surface area contributed by atoms with E-state index in [1.165, 1.54) is 20.8 Å². The van der Waals surface area contributed by atoms with Crippen LogP contribution in [0.2, 0.25) is 0 Å². The molecule has 218 valence electrons. The lowest BCUT2D eigenvalue weighted by Gasteiger charge is -2.32. The van der Waals surface area contributed by atoms with Crippen LogP contribution < -0.4 is 10.6 Å². The molecule has 1 aliphatic heterocycles. The Hall–Kier alpha value is -3.03. The van der Waals surface area contributed by atoms with Crippen molar-refractivity contribution in [1.82, 2.24) is 10.6 Å². The highest BCUT2D eigenvalue weighted by Crippen LogP contribution is 2.43. The number of ether oxygens (including phenoxy) is 4. The molecule has 0 saturated carbocycles. The van der Waals surface area contributed by atoms with Gasteiger partial charge < -0.3 is 29.6 Å². The summed E-state index contributed by atoms with van der Waals surface area (Å²) in [5.74, 6) is -15.5. The predicted molar refractivity (Wildman–Crippen MR) is 130 cm³/mol. The molecular formula is C26H33F5N2O6. The summed E-state index contributed by atoms with van der Waals surface area (Å²) in [6.07, 6.45) is 0.978. The van der Waals surface area contributed by atoms with Crippen LogP contribution in [0.5, 0.6) is 0 Å². The first kappa shape index (κ1) is 32.2. The minimum absolute atomic E-state index is 0.0349. The molecule has 1 atom stereocenters. The maximum absolute atomic E-state index is 15.0. The number of hydrogen-bond acceptors (Lipinski definition) is 8. The summed E-state index contributed by atoms with van der Waals surface area (Å²) >= 11 is 0. The summed E-state index contributed by atoms with van der Waals surface area (Å²) in [4.78, 5) is 25.9. The fourth-order valence-corrected chi connectivity index (χ4v) is 3.94. The van der Waals surface area contributed by atoms with Crippen molar-refractivity contribution in [2.45, 2.75) is 40.0 Å². The molecule has 2 N–H and O–H groups in total. The van der Waals surface area contributed by atoms with Crippen LogP contribution in [-0.2, 0) is 28.5 Å². The van der Waals surface area contributed by atoms with E-state index in [2.05, 4.69) is 10.6 Å². The van der Waals surface area contributed by atoms with Crippen LogP contribution in [0.15, 0.2) is 22.5 Å². The first-order chi connectivity index (χ1) is 18.6. The van der Waals surface area contributed by atoms with Gasteiger partial charge in [-0.15, -0.1) is 0 Å². The number of rotatable bonds is 15. The highest BCUT2D eigenvalue weighted by atomic mass is 19.2. The van der Waals surface area contributed by atoms with E-state index >= 15 is 8.78 Å². The summed E-state index contributed by atoms with van der Waals surface area (Å²) in [6.45, 7) is 7.71. The summed E-state index contributed by atoms with van der Waals surface area (Å²) in [5.41, 5.74) is -2.59. The Bertz CT molecular complexity index is 1080. The topological polar surface area (TPSA) is 95.1 Å². The lowest BCUT2D eigenvalue weighted by molar-refractivity contribution is -0.139. The molecule has 1 aliphatic rings. The van der Waals surface area contributed by atoms with Crippen LogP contribution in [0.1, 0.15) is 45.6 Å². The Labute approximate surface area is 223 Å². The normalized spacial score (nSPS) is 15.5. The molecule has 0 bridgehead atoms. The van der Waals surface area contributed by atoms with Gasteiger partial charge in [-0.05, 0) is 33.7 Å². The van der Waals surface area contributed by atoms with Crippen molar-refractivity contribution >= 4 is 11.9 Å². The van der Waals surface area contributed by atoms with Gasteiger partial charge in [0.25, 0.3) is 0 Å². The monoisotopic (exact) mass is 564 g/mol. The van der Waals surface area contributed by atoms with Crippen LogP contribution in [-0.4, -0.2) is 64.7 Å². The minimum Gasteiger partial charge on any atom is -0.463 e. The number of benzene rings is 1. The number of nitrogens with one attached hydrogen (secondary N) is 2. The van der Waals surface area contributed by atoms with Gasteiger partial charge in [-0.2, -0.15) is 0 Å². The number of esters is 2. The first-order valence-electron chi connectivity index (χ1n) is 12.5. The van der Waals surface area contributed by atoms with Gasteiger partial charge in [-0.3, -0.25) is 0 Å². The Balaban J connectivity index is 2.52. The number of halogens is 5. The van der Waals surface area contributed by atoms with E-state index < -0.39 is 63.7 Å². The number of dihydropyridines is 1. The molecule has 0 amide bonds. The number of allylic oxidation sites excluding steroid dienone is 1. The fourth-order valence-electron chi connectivity index (χ4n) is 3.94. The fraction of sp³-hybridized carbons (Fsp3) is 0.538. The zero-order valence-corrected chi connectivity index (χ0v) is 22.3. The molecule has 13 heteroatoms. The van der Waals surface area contributed by atoms with Gasteiger partial charge in [0.05, 0.1) is 62.4 Å². The van der Waals surface area contributed by atoms with Crippen LogP contribution >= 0.6 is 0 Å². The van der Waals surface area contributed by atoms with Gasteiger partial charge in [0.15, 0.2) is 23.3 Å². The average Bonchev–Trinajstić information content (AvgIpc) is 2.90. The van der Waals surface area contributed by atoms with Crippen molar-refractivity contribution in [1.29, 1.82) is 0 Å². The second kappa shape index (κ2) is 15.5. The Kier molecular flexibility index (Phi) is 12.8. The van der Waals surface area contributed by atoms with Gasteiger partial charge in [-0.1, -0.05) is 6.92 Å². The van der Waals surface area contributed by atoms with Gasteiger partial charge in [-0.25, -0.2) is 31.5 Å². The highest BCUT2D eigenvalue weighted by Gasteiger charge is 2.43. The average molecular weight is 565 g/mol. The van der Waals surface area contributed by atoms with E-state index in [0.29, 0.717) is 13.2 Å². The first-order valence-corrected chi connectivity index (χ1v) is 12.5. The molecule has 0 aliphatic carbocycles. The van der Waals surface area contributed by atoms with Gasteiger partial charge in [0.2, 0.25) is 5.82 Å². The van der Waals surface area contributed by atoms with Crippen molar-refractivity contribution in [3.63, 3.8) is 0 Å². The molecule has 0 unspecified atom stereocenters. The molecule has 0 radical (unpaired) electrons. The van der Waals surface area contributed by atoms with E-state index in [4.69, 9.17) is 18.9 Å². The lowest BCUT2D eigenvalue weighted by atomic mass is 9.79. The molecular weight excluding hydrogens is 531 g/mol. The Morgan fingerprint density at radius 3 is 1.87 bits per heavy atom. The molecule has 39 heavy (non-hydrogen) atoms. The van der Waals surface area contributed by atoms with Crippen LogP contribution in [0.4, 0.5) is 22.0 Å². The van der Waals surface area contributed by atoms with Gasteiger partial charge in [0, 0.05) is 17.8 Å². The molecule has 1 aromatic carbocycles. The second-order valence-electron chi connectivity index (χ2n) is 8.33. The summed E-state index contributed by atoms with van der Waals surface area (Å²) < 4.78 is 93.4. The third kappa shape index (κ3) is 7.76. The smallest absolute Gasteiger partial charge is 0.336 e. The van der Waals surface area contributed by atoms with Crippen LogP contribution in [0.3, 0.4) is 0 Å². The molecule has 0 fully saturated rings. The van der Waals surface area contributed by atoms with E-state index in [9.17, 15) is 22.8 Å². The number of hydrogen-bond donors (Lipinski definition) is 2. The third-order valence-corrected chi connectivity index (χ3v) is 5.64. The standard InChI is InChI=1S/C26H33F5N2O6/c1-5-8-32-9-10-36-11-12-37-13-15-17(26(35)39-7-3)18(16(14(4)33-15)25(34)38-6-2)19-20(27)22(29)24(31)23(30)21(19)28/h18,32-33H,5-13H2,1-4H3/t18-/m1/s1. The minimum atomic E-state index is -2.38. The molecule has 0 saturated heterocycles. The summed E-state index contributed by atoms with van der Waals surface area (Å²) in [7, 11) is 0. The van der Waals surface area contributed by atoms with Gasteiger partial charge in [0.1, 0.15) is 0 Å². The van der Waals surface area contributed by atoms with Gasteiger partial charge >= 0.3 is 11.9 Å². The van der Waals surface area contributed by atoms with E-state index in [1.54, 1.807) is 0 Å². The lowest BCUT2D eigenvalue weighted by Crippen LogP contribution is -2.36. The maximum Gasteiger partial charge on any atom is 0.336 e. The Morgan fingerprint density at radius 1 is 0.769 bits per heavy atom.